The number of hydrogen-bond acceptors (Lipinski definition) is 3. The Hall–Kier alpha value is -1.40. The van der Waals surface area contributed by atoms with Crippen molar-refractivity contribution in [2.75, 3.05) is 5.75 Å². The number of benzene rings is 2. The third kappa shape index (κ3) is 7.90. The Kier molecular flexibility index (Phi) is 10.5. The third-order valence-electron chi connectivity index (χ3n) is 4.97. The first-order valence-electron chi connectivity index (χ1n) is 10.1. The average Bonchev–Trinajstić information content (AvgIpc) is 2.73. The number of nitrogens with one attached hydrogen (secondary N) is 1. The number of hydrogen-bond donors (Lipinski definition) is 1. The molecule has 2 atom stereocenters. The zero-order valence-electron chi connectivity index (χ0n) is 17.8. The van der Waals surface area contributed by atoms with Gasteiger partial charge in [-0.1, -0.05) is 66.0 Å². The van der Waals surface area contributed by atoms with Gasteiger partial charge in [-0.15, -0.1) is 11.8 Å². The van der Waals surface area contributed by atoms with Gasteiger partial charge in [-0.2, -0.15) is 0 Å². The number of halogens is 3. The van der Waals surface area contributed by atoms with Crippen molar-refractivity contribution in [2.24, 2.45) is 0 Å². The Morgan fingerprint density at radius 2 is 1.74 bits per heavy atom. The summed E-state index contributed by atoms with van der Waals surface area (Å²) in [6.45, 7) is 5.89. The van der Waals surface area contributed by atoms with Crippen LogP contribution in [0.15, 0.2) is 42.5 Å². The van der Waals surface area contributed by atoms with Gasteiger partial charge in [0.2, 0.25) is 11.8 Å². The number of thioether (sulfide) groups is 1. The van der Waals surface area contributed by atoms with Gasteiger partial charge in [0.05, 0.1) is 5.75 Å². The number of nitrogens with zero attached hydrogens (tertiary/aromatic N) is 1. The molecule has 2 rings (SSSR count). The van der Waals surface area contributed by atoms with Gasteiger partial charge < -0.3 is 10.2 Å². The predicted molar refractivity (Wildman–Crippen MR) is 132 cm³/mol. The van der Waals surface area contributed by atoms with Crippen molar-refractivity contribution in [3.63, 3.8) is 0 Å². The molecule has 0 saturated carbocycles. The lowest BCUT2D eigenvalue weighted by molar-refractivity contribution is -0.138. The molecular formula is C23H27Cl3N2O2S. The fourth-order valence-corrected chi connectivity index (χ4v) is 4.49. The van der Waals surface area contributed by atoms with E-state index in [0.29, 0.717) is 20.8 Å². The Balaban J connectivity index is 2.14. The van der Waals surface area contributed by atoms with E-state index in [4.69, 9.17) is 34.8 Å². The fraction of sp³-hybridized carbons (Fsp3) is 0.391. The first-order chi connectivity index (χ1) is 14.7. The minimum Gasteiger partial charge on any atom is -0.352 e. The number of rotatable bonds is 10. The van der Waals surface area contributed by atoms with Crippen LogP contribution in [0.1, 0.15) is 38.3 Å². The highest BCUT2D eigenvalue weighted by Crippen LogP contribution is 2.25. The molecule has 0 aromatic heterocycles. The molecule has 0 aliphatic rings. The van der Waals surface area contributed by atoms with Gasteiger partial charge in [-0.3, -0.25) is 9.59 Å². The van der Waals surface area contributed by atoms with Crippen molar-refractivity contribution in [2.45, 2.75) is 51.6 Å². The molecule has 0 radical (unpaired) electrons. The Morgan fingerprint density at radius 1 is 1.03 bits per heavy atom. The molecule has 0 unspecified atom stereocenters. The maximum atomic E-state index is 13.1. The minimum absolute atomic E-state index is 0.0284. The van der Waals surface area contributed by atoms with Crippen LogP contribution in [-0.4, -0.2) is 34.6 Å². The molecule has 0 saturated heterocycles. The van der Waals surface area contributed by atoms with Crippen LogP contribution < -0.4 is 5.32 Å². The summed E-state index contributed by atoms with van der Waals surface area (Å²) in [6.07, 6.45) is 0.809. The molecule has 0 heterocycles. The first-order valence-corrected chi connectivity index (χ1v) is 12.4. The molecular weight excluding hydrogens is 475 g/mol. The average molecular weight is 502 g/mol. The largest absolute Gasteiger partial charge is 0.352 e. The molecule has 0 aliphatic carbocycles. The minimum atomic E-state index is -0.644. The number of amides is 2. The van der Waals surface area contributed by atoms with E-state index >= 15 is 0 Å². The van der Waals surface area contributed by atoms with Crippen LogP contribution in [0.4, 0.5) is 0 Å². The van der Waals surface area contributed by atoms with Crippen LogP contribution in [0.5, 0.6) is 0 Å². The van der Waals surface area contributed by atoms with Crippen LogP contribution in [0.25, 0.3) is 0 Å². The summed E-state index contributed by atoms with van der Waals surface area (Å²) in [7, 11) is 0. The summed E-state index contributed by atoms with van der Waals surface area (Å²) < 4.78 is 0. The van der Waals surface area contributed by atoms with Gasteiger partial charge >= 0.3 is 0 Å². The van der Waals surface area contributed by atoms with Crippen LogP contribution >= 0.6 is 46.6 Å². The smallest absolute Gasteiger partial charge is 0.242 e. The van der Waals surface area contributed by atoms with Crippen molar-refractivity contribution in [3.8, 4) is 0 Å². The van der Waals surface area contributed by atoms with Crippen LogP contribution in [0.2, 0.25) is 15.1 Å². The quantitative estimate of drug-likeness (QED) is 0.421. The lowest BCUT2D eigenvalue weighted by Gasteiger charge is -2.30. The van der Waals surface area contributed by atoms with Crippen molar-refractivity contribution in [1.29, 1.82) is 0 Å². The fourth-order valence-electron chi connectivity index (χ4n) is 2.83. The standard InChI is InChI=1S/C23H27Cl3N2O2S/c1-4-15(2)27-23(30)16(3)28(12-17-9-10-19(24)11-21(17)26)22(29)14-31-13-18-7-5-6-8-20(18)25/h5-11,15-16H,4,12-14H2,1-3H3,(H,27,30)/t15-,16-/m0/s1. The molecule has 8 heteroatoms. The second-order valence-electron chi connectivity index (χ2n) is 7.34. The highest BCUT2D eigenvalue weighted by molar-refractivity contribution is 7.99. The highest BCUT2D eigenvalue weighted by atomic mass is 35.5. The van der Waals surface area contributed by atoms with E-state index in [1.165, 1.54) is 11.8 Å². The van der Waals surface area contributed by atoms with Crippen LogP contribution in [0, 0.1) is 0 Å². The highest BCUT2D eigenvalue weighted by Gasteiger charge is 2.27. The lowest BCUT2D eigenvalue weighted by atomic mass is 10.1. The van der Waals surface area contributed by atoms with E-state index in [2.05, 4.69) is 5.32 Å². The molecule has 1 N–H and O–H groups in total. The lowest BCUT2D eigenvalue weighted by Crippen LogP contribution is -2.50. The van der Waals surface area contributed by atoms with Gasteiger partial charge in [0.1, 0.15) is 6.04 Å². The zero-order valence-corrected chi connectivity index (χ0v) is 20.9. The zero-order chi connectivity index (χ0) is 23.0. The molecule has 2 amide bonds. The monoisotopic (exact) mass is 500 g/mol. The molecule has 168 valence electrons. The second kappa shape index (κ2) is 12.6. The molecule has 0 aliphatic heterocycles. The van der Waals surface area contributed by atoms with Crippen molar-refractivity contribution < 1.29 is 9.59 Å². The topological polar surface area (TPSA) is 49.4 Å². The first kappa shape index (κ1) is 25.9. The van der Waals surface area contributed by atoms with Gasteiger partial charge in [-0.25, -0.2) is 0 Å². The van der Waals surface area contributed by atoms with E-state index in [1.807, 2.05) is 38.1 Å². The molecule has 0 bridgehead atoms. The molecule has 2 aromatic rings. The van der Waals surface area contributed by atoms with Crippen molar-refractivity contribution >= 4 is 58.4 Å². The Labute approximate surface area is 203 Å². The van der Waals surface area contributed by atoms with Gasteiger partial charge in [0.15, 0.2) is 0 Å². The molecule has 31 heavy (non-hydrogen) atoms. The van der Waals surface area contributed by atoms with E-state index < -0.39 is 6.04 Å². The van der Waals surface area contributed by atoms with E-state index in [1.54, 1.807) is 30.0 Å². The van der Waals surface area contributed by atoms with E-state index in [9.17, 15) is 9.59 Å². The summed E-state index contributed by atoms with van der Waals surface area (Å²) >= 11 is 20.0. The maximum Gasteiger partial charge on any atom is 0.242 e. The van der Waals surface area contributed by atoms with Crippen LogP contribution in [0.3, 0.4) is 0 Å². The van der Waals surface area contributed by atoms with Crippen molar-refractivity contribution in [3.05, 3.63) is 68.7 Å². The number of carbonyl (C=O) groups is 2. The normalized spacial score (nSPS) is 12.8. The molecule has 4 nitrogen and oxygen atoms in total. The number of carbonyl (C=O) groups excluding carboxylic acids is 2. The predicted octanol–water partition coefficient (Wildman–Crippen LogP) is 6.21. The van der Waals surface area contributed by atoms with Gasteiger partial charge in [0, 0.05) is 33.4 Å². The molecule has 0 spiro atoms. The summed E-state index contributed by atoms with van der Waals surface area (Å²) in [4.78, 5) is 27.4. The van der Waals surface area contributed by atoms with E-state index in [0.717, 1.165) is 17.5 Å². The summed E-state index contributed by atoms with van der Waals surface area (Å²) in [6, 6.07) is 12.1. The summed E-state index contributed by atoms with van der Waals surface area (Å²) in [5.41, 5.74) is 1.70. The third-order valence-corrected chi connectivity index (χ3v) is 6.89. The van der Waals surface area contributed by atoms with E-state index in [-0.39, 0.29) is 30.2 Å². The van der Waals surface area contributed by atoms with Crippen molar-refractivity contribution in [1.82, 2.24) is 10.2 Å². The Morgan fingerprint density at radius 3 is 2.39 bits per heavy atom. The Bertz CT molecular complexity index is 910. The summed E-state index contributed by atoms with van der Waals surface area (Å²) in [5, 5.41) is 4.61. The SMILES string of the molecule is CC[C@H](C)NC(=O)[C@H](C)N(Cc1ccc(Cl)cc1Cl)C(=O)CSCc1ccccc1Cl. The molecule has 0 fully saturated rings. The van der Waals surface area contributed by atoms with Gasteiger partial charge in [0.25, 0.3) is 0 Å². The second-order valence-corrected chi connectivity index (χ2v) is 9.57. The maximum absolute atomic E-state index is 13.1. The van der Waals surface area contributed by atoms with Gasteiger partial charge in [-0.05, 0) is 49.6 Å². The van der Waals surface area contributed by atoms with Crippen LogP contribution in [-0.2, 0) is 21.9 Å². The summed E-state index contributed by atoms with van der Waals surface area (Å²) in [5.74, 6) is 0.491. The molecule has 2 aromatic carbocycles.